The third-order valence-electron chi connectivity index (χ3n) is 6.98. The molecule has 5 rings (SSSR count). The molecule has 5 heteroatoms. The van der Waals surface area contributed by atoms with E-state index in [1.165, 1.54) is 5.56 Å². The molecule has 0 saturated carbocycles. The van der Waals surface area contributed by atoms with E-state index < -0.39 is 5.54 Å². The monoisotopic (exact) mass is 440 g/mol. The van der Waals surface area contributed by atoms with Crippen LogP contribution >= 0.6 is 0 Å². The number of ether oxygens (including phenoxy) is 1. The first kappa shape index (κ1) is 21.6. The van der Waals surface area contributed by atoms with E-state index >= 15 is 0 Å². The van der Waals surface area contributed by atoms with Crippen molar-refractivity contribution < 1.29 is 14.3 Å². The molecule has 0 aromatic heterocycles. The topological polar surface area (TPSA) is 49.9 Å². The van der Waals surface area contributed by atoms with E-state index in [4.69, 9.17) is 4.74 Å². The predicted molar refractivity (Wildman–Crippen MR) is 128 cm³/mol. The number of benzene rings is 3. The van der Waals surface area contributed by atoms with E-state index in [-0.39, 0.29) is 11.6 Å². The van der Waals surface area contributed by atoms with Crippen LogP contribution < -0.4 is 4.74 Å². The molecule has 0 bridgehead atoms. The Labute approximate surface area is 194 Å². The van der Waals surface area contributed by atoms with Crippen molar-refractivity contribution in [2.24, 2.45) is 0 Å². The van der Waals surface area contributed by atoms with Gasteiger partial charge >= 0.3 is 0 Å². The van der Waals surface area contributed by atoms with Crippen LogP contribution in [0.3, 0.4) is 0 Å². The summed E-state index contributed by atoms with van der Waals surface area (Å²) in [5.74, 6) is 0.663. The maximum atomic E-state index is 14.0. The summed E-state index contributed by atoms with van der Waals surface area (Å²) in [6.07, 6.45) is 0. The SMILES string of the molecule is COc1cccc(CN2CCN(C3(c4ccccc4)C(=O)c4cccc(C)c4C3=O)CC2)c1. The van der Waals surface area contributed by atoms with Crippen LogP contribution in [0.25, 0.3) is 0 Å². The maximum Gasteiger partial charge on any atom is 0.196 e. The molecule has 1 unspecified atom stereocenters. The lowest BCUT2D eigenvalue weighted by molar-refractivity contribution is 0.0279. The smallest absolute Gasteiger partial charge is 0.196 e. The first-order valence-corrected chi connectivity index (χ1v) is 11.4. The number of hydrogen-bond acceptors (Lipinski definition) is 5. The van der Waals surface area contributed by atoms with E-state index in [1.54, 1.807) is 13.2 Å². The zero-order valence-electron chi connectivity index (χ0n) is 19.1. The predicted octanol–water partition coefficient (Wildman–Crippen LogP) is 4.10. The van der Waals surface area contributed by atoms with E-state index in [9.17, 15) is 9.59 Å². The highest BCUT2D eigenvalue weighted by Crippen LogP contribution is 2.44. The zero-order valence-corrected chi connectivity index (χ0v) is 19.1. The Bertz CT molecular complexity index is 1200. The van der Waals surface area contributed by atoms with Crippen LogP contribution in [0.15, 0.2) is 72.8 Å². The molecule has 1 aliphatic heterocycles. The van der Waals surface area contributed by atoms with Crippen molar-refractivity contribution in [1.29, 1.82) is 0 Å². The van der Waals surface area contributed by atoms with Crippen molar-refractivity contribution in [1.82, 2.24) is 9.80 Å². The Balaban J connectivity index is 1.45. The van der Waals surface area contributed by atoms with Gasteiger partial charge in [-0.2, -0.15) is 0 Å². The fourth-order valence-corrected chi connectivity index (χ4v) is 5.32. The number of hydrogen-bond donors (Lipinski definition) is 0. The van der Waals surface area contributed by atoms with Crippen LogP contribution in [-0.4, -0.2) is 54.7 Å². The second-order valence-electron chi connectivity index (χ2n) is 8.85. The summed E-state index contributed by atoms with van der Waals surface area (Å²) in [7, 11) is 1.68. The van der Waals surface area contributed by atoms with Crippen molar-refractivity contribution in [2.45, 2.75) is 19.0 Å². The second-order valence-corrected chi connectivity index (χ2v) is 8.85. The summed E-state index contributed by atoms with van der Waals surface area (Å²) in [5, 5.41) is 0. The normalized spacial score (nSPS) is 21.3. The Kier molecular flexibility index (Phi) is 5.60. The van der Waals surface area contributed by atoms with Crippen molar-refractivity contribution in [2.75, 3.05) is 33.3 Å². The Morgan fingerprint density at radius 3 is 2.27 bits per heavy atom. The van der Waals surface area contributed by atoms with E-state index in [0.717, 1.165) is 36.5 Å². The summed E-state index contributed by atoms with van der Waals surface area (Å²) >= 11 is 0. The van der Waals surface area contributed by atoms with E-state index in [1.807, 2.05) is 61.5 Å². The summed E-state index contributed by atoms with van der Waals surface area (Å²) in [6, 6.07) is 23.3. The molecular weight excluding hydrogens is 412 g/mol. The number of rotatable bonds is 5. The summed E-state index contributed by atoms with van der Waals surface area (Å²) in [4.78, 5) is 32.4. The summed E-state index contributed by atoms with van der Waals surface area (Å²) < 4.78 is 5.35. The van der Waals surface area contributed by atoms with Crippen LogP contribution in [0.1, 0.15) is 37.4 Å². The van der Waals surface area contributed by atoms with Gasteiger partial charge in [-0.05, 0) is 35.7 Å². The van der Waals surface area contributed by atoms with Crippen LogP contribution in [-0.2, 0) is 12.1 Å². The average Bonchev–Trinajstić information content (AvgIpc) is 3.08. The highest BCUT2D eigenvalue weighted by atomic mass is 16.5. The number of methoxy groups -OCH3 is 1. The molecule has 3 aromatic rings. The Hall–Kier alpha value is -3.28. The molecule has 1 heterocycles. The molecule has 1 fully saturated rings. The minimum atomic E-state index is -1.28. The lowest BCUT2D eigenvalue weighted by Crippen LogP contribution is -2.60. The van der Waals surface area contributed by atoms with Gasteiger partial charge in [0.05, 0.1) is 7.11 Å². The molecular formula is C28H28N2O3. The molecule has 1 atom stereocenters. The van der Waals surface area contributed by atoms with Gasteiger partial charge < -0.3 is 4.74 Å². The largest absolute Gasteiger partial charge is 0.497 e. The zero-order chi connectivity index (χ0) is 23.0. The standard InChI is InChI=1S/C28H28N2O3/c1-20-8-6-13-24-25(20)27(32)28(26(24)31,22-10-4-3-5-11-22)30-16-14-29(15-17-30)19-21-9-7-12-23(18-21)33-2/h3-13,18H,14-17,19H2,1-2H3. The van der Waals surface area contributed by atoms with Crippen LogP contribution in [0.2, 0.25) is 0 Å². The number of fused-ring (bicyclic) bond motifs is 1. The maximum absolute atomic E-state index is 14.0. The van der Waals surface area contributed by atoms with E-state index in [2.05, 4.69) is 21.9 Å². The number of aryl methyl sites for hydroxylation is 1. The molecule has 1 saturated heterocycles. The van der Waals surface area contributed by atoms with Gasteiger partial charge in [-0.15, -0.1) is 0 Å². The number of Topliss-reactive ketones (excluding diaryl/α,β-unsaturated/α-hetero) is 2. The molecule has 1 aliphatic carbocycles. The van der Waals surface area contributed by atoms with Gasteiger partial charge in [-0.1, -0.05) is 60.7 Å². The number of ketones is 2. The lowest BCUT2D eigenvalue weighted by atomic mass is 9.82. The van der Waals surface area contributed by atoms with Gasteiger partial charge in [0.2, 0.25) is 0 Å². The second kappa shape index (κ2) is 8.58. The fourth-order valence-electron chi connectivity index (χ4n) is 5.32. The molecule has 168 valence electrons. The Morgan fingerprint density at radius 1 is 0.848 bits per heavy atom. The number of piperazine rings is 1. The van der Waals surface area contributed by atoms with E-state index in [0.29, 0.717) is 24.2 Å². The third-order valence-corrected chi connectivity index (χ3v) is 6.98. The fraction of sp³-hybridized carbons (Fsp3) is 0.286. The first-order chi connectivity index (χ1) is 16.1. The van der Waals surface area contributed by atoms with Crippen LogP contribution in [0.4, 0.5) is 0 Å². The van der Waals surface area contributed by atoms with Crippen molar-refractivity contribution >= 4 is 11.6 Å². The summed E-state index contributed by atoms with van der Waals surface area (Å²) in [6.45, 7) is 5.57. The lowest BCUT2D eigenvalue weighted by Gasteiger charge is -2.44. The van der Waals surface area contributed by atoms with Gasteiger partial charge in [-0.25, -0.2) is 0 Å². The van der Waals surface area contributed by atoms with Gasteiger partial charge in [-0.3, -0.25) is 19.4 Å². The molecule has 3 aromatic carbocycles. The van der Waals surface area contributed by atoms with Gasteiger partial charge in [0.25, 0.3) is 0 Å². The van der Waals surface area contributed by atoms with Crippen LogP contribution in [0, 0.1) is 6.92 Å². The molecule has 0 N–H and O–H groups in total. The molecule has 2 aliphatic rings. The number of carbonyl (C=O) groups excluding carboxylic acids is 2. The van der Waals surface area contributed by atoms with Crippen LogP contribution in [0.5, 0.6) is 5.75 Å². The highest BCUT2D eigenvalue weighted by molar-refractivity contribution is 6.33. The summed E-state index contributed by atoms with van der Waals surface area (Å²) in [5.41, 5.74) is 2.65. The molecule has 0 radical (unpaired) electrons. The molecule has 0 amide bonds. The minimum absolute atomic E-state index is 0.0898. The molecule has 0 spiro atoms. The number of nitrogens with zero attached hydrogens (tertiary/aromatic N) is 2. The minimum Gasteiger partial charge on any atom is -0.497 e. The first-order valence-electron chi connectivity index (χ1n) is 11.4. The van der Waals surface area contributed by atoms with Crippen molar-refractivity contribution in [3.63, 3.8) is 0 Å². The Morgan fingerprint density at radius 2 is 1.58 bits per heavy atom. The molecule has 33 heavy (non-hydrogen) atoms. The van der Waals surface area contributed by atoms with Crippen molar-refractivity contribution in [3.8, 4) is 5.75 Å². The third kappa shape index (κ3) is 3.48. The van der Waals surface area contributed by atoms with Gasteiger partial charge in [0.15, 0.2) is 17.1 Å². The van der Waals surface area contributed by atoms with Gasteiger partial charge in [0, 0.05) is 43.9 Å². The molecule has 5 nitrogen and oxygen atoms in total. The number of carbonyl (C=O) groups is 2. The quantitative estimate of drug-likeness (QED) is 0.559. The van der Waals surface area contributed by atoms with Gasteiger partial charge in [0.1, 0.15) is 5.75 Å². The highest BCUT2D eigenvalue weighted by Gasteiger charge is 2.58. The van der Waals surface area contributed by atoms with Crippen molar-refractivity contribution in [3.05, 3.63) is 101 Å². The average molecular weight is 441 g/mol.